The van der Waals surface area contributed by atoms with Crippen LogP contribution in [0.3, 0.4) is 0 Å². The average molecular weight is 238 g/mol. The summed E-state index contributed by atoms with van der Waals surface area (Å²) in [5.74, 6) is 0. The number of H-pyrrole nitrogens is 1. The summed E-state index contributed by atoms with van der Waals surface area (Å²) < 4.78 is 1.89. The van der Waals surface area contributed by atoms with Gasteiger partial charge in [0.1, 0.15) is 0 Å². The Morgan fingerprint density at radius 3 is 3.06 bits per heavy atom. The molecule has 6 heteroatoms. The highest BCUT2D eigenvalue weighted by atomic mass is 32.1. The molecule has 2 heterocycles. The van der Waals surface area contributed by atoms with Gasteiger partial charge in [-0.2, -0.15) is 5.10 Å². The fraction of sp³-hybridized carbons (Fsp3) is 0.400. The van der Waals surface area contributed by atoms with Crippen LogP contribution in [-0.2, 0) is 19.6 Å². The lowest BCUT2D eigenvalue weighted by Crippen LogP contribution is -2.13. The summed E-state index contributed by atoms with van der Waals surface area (Å²) >= 11 is 1.19. The zero-order valence-corrected chi connectivity index (χ0v) is 9.88. The van der Waals surface area contributed by atoms with E-state index in [1.807, 2.05) is 22.5 Å². The van der Waals surface area contributed by atoms with Gasteiger partial charge in [0.25, 0.3) is 0 Å². The molecule has 0 aliphatic heterocycles. The van der Waals surface area contributed by atoms with Crippen LogP contribution in [0.5, 0.6) is 0 Å². The first-order chi connectivity index (χ1) is 7.78. The third-order valence-corrected chi connectivity index (χ3v) is 2.94. The second-order valence-electron chi connectivity index (χ2n) is 3.48. The molecule has 2 rings (SSSR count). The first kappa shape index (κ1) is 11.1. The minimum absolute atomic E-state index is 0.00407. The Balaban J connectivity index is 1.81. The van der Waals surface area contributed by atoms with Crippen LogP contribution < -0.4 is 10.2 Å². The molecule has 0 fully saturated rings. The summed E-state index contributed by atoms with van der Waals surface area (Å²) in [7, 11) is 0. The van der Waals surface area contributed by atoms with Crippen LogP contribution in [0.15, 0.2) is 22.6 Å². The van der Waals surface area contributed by atoms with Crippen molar-refractivity contribution in [1.82, 2.24) is 20.1 Å². The van der Waals surface area contributed by atoms with Crippen LogP contribution in [0, 0.1) is 0 Å². The highest BCUT2D eigenvalue weighted by Crippen LogP contribution is 1.99. The summed E-state index contributed by atoms with van der Waals surface area (Å²) in [6.45, 7) is 4.38. The molecule has 0 aliphatic carbocycles. The number of hydrogen-bond acceptors (Lipinski definition) is 4. The molecule has 2 aromatic heterocycles. The van der Waals surface area contributed by atoms with Crippen molar-refractivity contribution in [3.63, 3.8) is 0 Å². The van der Waals surface area contributed by atoms with Crippen molar-refractivity contribution in [3.8, 4) is 0 Å². The number of aryl methyl sites for hydroxylation is 1. The summed E-state index contributed by atoms with van der Waals surface area (Å²) in [4.78, 5) is 13.6. The molecule has 0 saturated heterocycles. The summed E-state index contributed by atoms with van der Waals surface area (Å²) in [6, 6.07) is 0. The van der Waals surface area contributed by atoms with Gasteiger partial charge in [-0.3, -0.25) is 9.48 Å². The van der Waals surface area contributed by atoms with Crippen LogP contribution in [0.4, 0.5) is 0 Å². The molecule has 0 atom stereocenters. The second kappa shape index (κ2) is 5.09. The minimum atomic E-state index is -0.00407. The Morgan fingerprint density at radius 1 is 1.56 bits per heavy atom. The van der Waals surface area contributed by atoms with Crippen LogP contribution in [0.2, 0.25) is 0 Å². The molecule has 0 aliphatic rings. The van der Waals surface area contributed by atoms with Crippen molar-refractivity contribution < 1.29 is 0 Å². The second-order valence-corrected chi connectivity index (χ2v) is 4.32. The zero-order valence-electron chi connectivity index (χ0n) is 9.06. The highest BCUT2D eigenvalue weighted by molar-refractivity contribution is 7.07. The molecule has 0 radical (unpaired) electrons. The van der Waals surface area contributed by atoms with Crippen LogP contribution in [-0.4, -0.2) is 14.8 Å². The lowest BCUT2D eigenvalue weighted by atomic mass is 10.3. The van der Waals surface area contributed by atoms with Crippen LogP contribution >= 0.6 is 11.3 Å². The summed E-state index contributed by atoms with van der Waals surface area (Å²) in [5, 5.41) is 9.28. The van der Waals surface area contributed by atoms with Crippen molar-refractivity contribution in [2.45, 2.75) is 26.6 Å². The number of nitrogens with one attached hydrogen (secondary N) is 2. The molecular weight excluding hydrogens is 224 g/mol. The monoisotopic (exact) mass is 238 g/mol. The van der Waals surface area contributed by atoms with Gasteiger partial charge in [0.2, 0.25) is 0 Å². The molecule has 16 heavy (non-hydrogen) atoms. The quantitative estimate of drug-likeness (QED) is 0.815. The van der Waals surface area contributed by atoms with Crippen molar-refractivity contribution in [3.05, 3.63) is 38.7 Å². The highest BCUT2D eigenvalue weighted by Gasteiger charge is 1.98. The van der Waals surface area contributed by atoms with Gasteiger partial charge in [-0.05, 0) is 6.92 Å². The van der Waals surface area contributed by atoms with E-state index in [9.17, 15) is 4.79 Å². The van der Waals surface area contributed by atoms with Gasteiger partial charge in [-0.1, -0.05) is 11.3 Å². The molecule has 0 saturated carbocycles. The lowest BCUT2D eigenvalue weighted by Gasteiger charge is -1.99. The standard InChI is InChI=1S/C10H14N4OS/c1-2-14-6-8(4-12-14)3-11-5-9-7-16-10(15)13-9/h4,6-7,11H,2-3,5H2,1H3,(H,13,15). The molecule has 2 aromatic rings. The first-order valence-corrected chi connectivity index (χ1v) is 6.04. The van der Waals surface area contributed by atoms with Gasteiger partial charge >= 0.3 is 4.87 Å². The van der Waals surface area contributed by atoms with Crippen molar-refractivity contribution >= 4 is 11.3 Å². The maximum absolute atomic E-state index is 10.9. The third-order valence-electron chi connectivity index (χ3n) is 2.23. The van der Waals surface area contributed by atoms with E-state index in [0.29, 0.717) is 6.54 Å². The molecule has 5 nitrogen and oxygen atoms in total. The summed E-state index contributed by atoms with van der Waals surface area (Å²) in [6.07, 6.45) is 3.87. The molecule has 0 aromatic carbocycles. The van der Waals surface area contributed by atoms with Crippen molar-refractivity contribution in [1.29, 1.82) is 0 Å². The Hall–Kier alpha value is -1.40. The number of hydrogen-bond donors (Lipinski definition) is 2. The summed E-state index contributed by atoms with van der Waals surface area (Å²) in [5.41, 5.74) is 2.08. The maximum Gasteiger partial charge on any atom is 0.304 e. The topological polar surface area (TPSA) is 62.7 Å². The smallest absolute Gasteiger partial charge is 0.304 e. The number of rotatable bonds is 5. The Bertz CT molecular complexity index is 499. The molecule has 0 spiro atoms. The van der Waals surface area contributed by atoms with Gasteiger partial charge in [-0.15, -0.1) is 0 Å². The first-order valence-electron chi connectivity index (χ1n) is 5.16. The van der Waals surface area contributed by atoms with Gasteiger partial charge in [0.15, 0.2) is 0 Å². The minimum Gasteiger partial charge on any atom is -0.315 e. The fourth-order valence-corrected chi connectivity index (χ4v) is 1.99. The van der Waals surface area contributed by atoms with E-state index in [0.717, 1.165) is 24.3 Å². The number of aromatic amines is 1. The average Bonchev–Trinajstić information content (AvgIpc) is 2.88. The Labute approximate surface area is 97.1 Å². The SMILES string of the molecule is CCn1cc(CNCc2csc(=O)[nH]2)cn1. The number of thiazole rings is 1. The molecule has 0 amide bonds. The largest absolute Gasteiger partial charge is 0.315 e. The van der Waals surface area contributed by atoms with Crippen molar-refractivity contribution in [2.75, 3.05) is 0 Å². The predicted molar refractivity (Wildman–Crippen MR) is 63.4 cm³/mol. The van der Waals surface area contributed by atoms with Gasteiger partial charge in [0, 0.05) is 42.5 Å². The van der Waals surface area contributed by atoms with E-state index in [4.69, 9.17) is 0 Å². The van der Waals surface area contributed by atoms with E-state index < -0.39 is 0 Å². The Morgan fingerprint density at radius 2 is 2.44 bits per heavy atom. The van der Waals surface area contributed by atoms with E-state index in [1.54, 1.807) is 0 Å². The number of nitrogens with zero attached hydrogens (tertiary/aromatic N) is 2. The van der Waals surface area contributed by atoms with E-state index in [-0.39, 0.29) is 4.87 Å². The molecule has 0 unspecified atom stereocenters. The van der Waals surface area contributed by atoms with Gasteiger partial charge in [0.05, 0.1) is 6.20 Å². The van der Waals surface area contributed by atoms with Crippen molar-refractivity contribution in [2.24, 2.45) is 0 Å². The molecule has 86 valence electrons. The van der Waals surface area contributed by atoms with E-state index in [2.05, 4.69) is 22.3 Å². The predicted octanol–water partition coefficient (Wildman–Crippen LogP) is 0.943. The zero-order chi connectivity index (χ0) is 11.4. The van der Waals surface area contributed by atoms with E-state index in [1.165, 1.54) is 11.3 Å². The van der Waals surface area contributed by atoms with Gasteiger partial charge in [-0.25, -0.2) is 0 Å². The van der Waals surface area contributed by atoms with Crippen LogP contribution in [0.25, 0.3) is 0 Å². The fourth-order valence-electron chi connectivity index (χ4n) is 1.41. The number of aromatic nitrogens is 3. The Kier molecular flexibility index (Phi) is 3.53. The lowest BCUT2D eigenvalue weighted by molar-refractivity contribution is 0.654. The van der Waals surface area contributed by atoms with E-state index >= 15 is 0 Å². The third kappa shape index (κ3) is 2.80. The molecule has 0 bridgehead atoms. The normalized spacial score (nSPS) is 10.8. The van der Waals surface area contributed by atoms with Gasteiger partial charge < -0.3 is 10.3 Å². The molecule has 2 N–H and O–H groups in total. The molecular formula is C10H14N4OS. The van der Waals surface area contributed by atoms with Crippen LogP contribution in [0.1, 0.15) is 18.2 Å². The maximum atomic E-state index is 10.9.